The number of hydrogen-bond acceptors (Lipinski definition) is 1. The molecule has 0 amide bonds. The zero-order chi connectivity index (χ0) is 7.11. The van der Waals surface area contributed by atoms with Crippen molar-refractivity contribution in [2.24, 2.45) is 0 Å². The summed E-state index contributed by atoms with van der Waals surface area (Å²) in [6.07, 6.45) is 0.939. The quantitative estimate of drug-likeness (QED) is 0.506. The fraction of sp³-hybridized carbons (Fsp3) is 1.00. The lowest BCUT2D eigenvalue weighted by Gasteiger charge is -2.01. The Kier molecular flexibility index (Phi) is 7.40. The summed E-state index contributed by atoms with van der Waals surface area (Å²) in [5.74, 6) is 0. The van der Waals surface area contributed by atoms with Crippen molar-refractivity contribution in [3.63, 3.8) is 0 Å². The Hall–Kier alpha value is 0.730. The Bertz CT molecular complexity index is 59.0. The zero-order valence-electron chi connectivity index (χ0n) is 5.57. The van der Waals surface area contributed by atoms with Crippen LogP contribution in [-0.4, -0.2) is 23.9 Å². The first kappa shape index (κ1) is 9.73. The molecule has 0 heterocycles. The Labute approximate surface area is 69.8 Å². The fourth-order valence-corrected chi connectivity index (χ4v) is 0.720. The highest BCUT2D eigenvalue weighted by molar-refractivity contribution is 9.09. The summed E-state index contributed by atoms with van der Waals surface area (Å²) in [6.45, 7) is 3.53. The lowest BCUT2D eigenvalue weighted by Crippen LogP contribution is -2.02. The van der Waals surface area contributed by atoms with Crippen LogP contribution in [0.4, 0.5) is 0 Å². The van der Waals surface area contributed by atoms with Crippen molar-refractivity contribution >= 4 is 27.5 Å². The lowest BCUT2D eigenvalue weighted by atomic mass is 10.3. The van der Waals surface area contributed by atoms with Gasteiger partial charge >= 0.3 is 0 Å². The molecule has 0 rings (SSSR count). The molecule has 3 heteroatoms. The van der Waals surface area contributed by atoms with Gasteiger partial charge < -0.3 is 4.74 Å². The van der Waals surface area contributed by atoms with E-state index in [1.54, 1.807) is 0 Å². The molecule has 1 unspecified atom stereocenters. The second-order valence-corrected chi connectivity index (χ2v) is 3.41. The van der Waals surface area contributed by atoms with Gasteiger partial charge in [0.05, 0.1) is 6.61 Å². The van der Waals surface area contributed by atoms with Gasteiger partial charge in [0.2, 0.25) is 0 Å². The molecule has 1 atom stereocenters. The first-order valence-electron chi connectivity index (χ1n) is 3.05. The minimum Gasteiger partial charge on any atom is -0.381 e. The van der Waals surface area contributed by atoms with Gasteiger partial charge in [0, 0.05) is 17.3 Å². The molecular formula is C6H12BrClO. The van der Waals surface area contributed by atoms with Gasteiger partial charge in [-0.05, 0) is 13.3 Å². The van der Waals surface area contributed by atoms with Gasteiger partial charge in [0.25, 0.3) is 0 Å². The van der Waals surface area contributed by atoms with Gasteiger partial charge in [-0.1, -0.05) is 15.9 Å². The summed E-state index contributed by atoms with van der Waals surface area (Å²) in [5.41, 5.74) is 0. The van der Waals surface area contributed by atoms with E-state index in [1.165, 1.54) is 0 Å². The molecule has 0 saturated heterocycles. The third-order valence-corrected chi connectivity index (χ3v) is 1.42. The van der Waals surface area contributed by atoms with E-state index in [0.29, 0.717) is 0 Å². The van der Waals surface area contributed by atoms with Crippen LogP contribution in [-0.2, 0) is 4.74 Å². The molecule has 0 aliphatic rings. The van der Waals surface area contributed by atoms with E-state index in [-0.39, 0.29) is 5.38 Å². The van der Waals surface area contributed by atoms with E-state index in [9.17, 15) is 0 Å². The maximum Gasteiger partial charge on any atom is 0.0563 e. The first-order valence-corrected chi connectivity index (χ1v) is 4.61. The first-order chi connectivity index (χ1) is 4.27. The number of hydrogen-bond donors (Lipinski definition) is 0. The molecule has 0 radical (unpaired) electrons. The maximum atomic E-state index is 5.66. The van der Waals surface area contributed by atoms with Crippen LogP contribution < -0.4 is 0 Å². The molecule has 0 spiro atoms. The highest BCUT2D eigenvalue weighted by atomic mass is 79.9. The monoisotopic (exact) mass is 214 g/mol. The summed E-state index contributed by atoms with van der Waals surface area (Å²) in [6, 6.07) is 0. The summed E-state index contributed by atoms with van der Waals surface area (Å²) in [7, 11) is 0. The molecule has 0 N–H and O–H groups in total. The number of alkyl halides is 2. The van der Waals surface area contributed by atoms with E-state index in [0.717, 1.165) is 25.0 Å². The summed E-state index contributed by atoms with van der Waals surface area (Å²) >= 11 is 8.92. The van der Waals surface area contributed by atoms with E-state index in [2.05, 4.69) is 15.9 Å². The molecule has 0 aromatic heterocycles. The predicted octanol–water partition coefficient (Wildman–Crippen LogP) is 2.42. The molecule has 0 aliphatic heterocycles. The summed E-state index contributed by atoms with van der Waals surface area (Å²) in [4.78, 5) is 0. The maximum absolute atomic E-state index is 5.66. The molecule has 9 heavy (non-hydrogen) atoms. The average Bonchev–Trinajstić information content (AvgIpc) is 1.80. The van der Waals surface area contributed by atoms with Gasteiger partial charge in [0.15, 0.2) is 0 Å². The Morgan fingerprint density at radius 3 is 2.67 bits per heavy atom. The van der Waals surface area contributed by atoms with Gasteiger partial charge in [-0.3, -0.25) is 0 Å². The van der Waals surface area contributed by atoms with Crippen molar-refractivity contribution in [3.8, 4) is 0 Å². The van der Waals surface area contributed by atoms with Crippen LogP contribution in [0.3, 0.4) is 0 Å². The van der Waals surface area contributed by atoms with Crippen LogP contribution in [0.15, 0.2) is 0 Å². The molecule has 0 bridgehead atoms. The third kappa shape index (κ3) is 8.73. The van der Waals surface area contributed by atoms with Crippen LogP contribution in [0.5, 0.6) is 0 Å². The minimum absolute atomic E-state index is 0.236. The van der Waals surface area contributed by atoms with Crippen molar-refractivity contribution in [1.82, 2.24) is 0 Å². The second-order valence-electron chi connectivity index (χ2n) is 1.87. The van der Waals surface area contributed by atoms with Gasteiger partial charge in [0.1, 0.15) is 0 Å². The molecule has 0 fully saturated rings. The SMILES string of the molecule is CC(Cl)CCOCCBr. The molecule has 0 saturated carbocycles. The van der Waals surface area contributed by atoms with Crippen molar-refractivity contribution < 1.29 is 4.74 Å². The van der Waals surface area contributed by atoms with Gasteiger partial charge in [-0.15, -0.1) is 11.6 Å². The van der Waals surface area contributed by atoms with Crippen LogP contribution in [0.2, 0.25) is 0 Å². The standard InChI is InChI=1S/C6H12BrClO/c1-6(8)2-4-9-5-3-7/h6H,2-5H2,1H3. The average molecular weight is 216 g/mol. The van der Waals surface area contributed by atoms with Gasteiger partial charge in [-0.2, -0.15) is 0 Å². The molecule has 0 aromatic rings. The number of rotatable bonds is 5. The van der Waals surface area contributed by atoms with Gasteiger partial charge in [-0.25, -0.2) is 0 Å². The van der Waals surface area contributed by atoms with E-state index < -0.39 is 0 Å². The number of ether oxygens (including phenoxy) is 1. The number of halogens is 2. The smallest absolute Gasteiger partial charge is 0.0563 e. The van der Waals surface area contributed by atoms with Crippen molar-refractivity contribution in [3.05, 3.63) is 0 Å². The van der Waals surface area contributed by atoms with E-state index in [1.807, 2.05) is 6.92 Å². The molecular weight excluding hydrogens is 203 g/mol. The van der Waals surface area contributed by atoms with Crippen molar-refractivity contribution in [1.29, 1.82) is 0 Å². The van der Waals surface area contributed by atoms with Crippen LogP contribution >= 0.6 is 27.5 Å². The molecule has 1 nitrogen and oxygen atoms in total. The highest BCUT2D eigenvalue weighted by Gasteiger charge is 1.93. The van der Waals surface area contributed by atoms with Crippen molar-refractivity contribution in [2.45, 2.75) is 18.7 Å². The fourth-order valence-electron chi connectivity index (χ4n) is 0.402. The predicted molar refractivity (Wildman–Crippen MR) is 44.5 cm³/mol. The van der Waals surface area contributed by atoms with Crippen LogP contribution in [0.25, 0.3) is 0 Å². The topological polar surface area (TPSA) is 9.23 Å². The molecule has 0 aromatic carbocycles. The highest BCUT2D eigenvalue weighted by Crippen LogP contribution is 1.99. The Morgan fingerprint density at radius 2 is 2.22 bits per heavy atom. The summed E-state index contributed by atoms with van der Waals surface area (Å²) < 4.78 is 5.16. The second kappa shape index (κ2) is 6.84. The van der Waals surface area contributed by atoms with Crippen LogP contribution in [0.1, 0.15) is 13.3 Å². The van der Waals surface area contributed by atoms with E-state index >= 15 is 0 Å². The Balaban J connectivity index is 2.75. The lowest BCUT2D eigenvalue weighted by molar-refractivity contribution is 0.148. The largest absolute Gasteiger partial charge is 0.381 e. The third-order valence-electron chi connectivity index (χ3n) is 0.881. The van der Waals surface area contributed by atoms with Crippen molar-refractivity contribution in [2.75, 3.05) is 18.5 Å². The molecule has 56 valence electrons. The normalized spacial score (nSPS) is 13.7. The van der Waals surface area contributed by atoms with Crippen LogP contribution in [0, 0.1) is 0 Å². The zero-order valence-corrected chi connectivity index (χ0v) is 7.91. The minimum atomic E-state index is 0.236. The molecule has 0 aliphatic carbocycles. The van der Waals surface area contributed by atoms with E-state index in [4.69, 9.17) is 16.3 Å². The Morgan fingerprint density at radius 1 is 1.56 bits per heavy atom. The summed E-state index contributed by atoms with van der Waals surface area (Å²) in [5, 5.41) is 1.14.